The molecule has 5 nitrogen and oxygen atoms in total. The number of hydrogen-bond donors (Lipinski definition) is 1. The highest BCUT2D eigenvalue weighted by atomic mass is 16.2. The summed E-state index contributed by atoms with van der Waals surface area (Å²) in [5, 5.41) is 12.6. The highest BCUT2D eigenvalue weighted by molar-refractivity contribution is 5.94. The van der Waals surface area contributed by atoms with Crippen LogP contribution >= 0.6 is 0 Å². The molecular weight excluding hydrogens is 336 g/mol. The number of hydrogen-bond acceptors (Lipinski definition) is 3. The van der Waals surface area contributed by atoms with E-state index in [1.165, 1.54) is 0 Å². The van der Waals surface area contributed by atoms with Gasteiger partial charge in [-0.15, -0.1) is 0 Å². The van der Waals surface area contributed by atoms with Gasteiger partial charge in [-0.05, 0) is 44.2 Å². The maximum absolute atomic E-state index is 12.7. The second-order valence-electron chi connectivity index (χ2n) is 6.64. The average Bonchev–Trinajstić information content (AvgIpc) is 3.04. The molecule has 5 heteroatoms. The molecule has 0 saturated heterocycles. The largest absolute Gasteiger partial charge is 0.325 e. The normalized spacial score (nSPS) is 12.1. The Morgan fingerprint density at radius 1 is 1.22 bits per heavy atom. The predicted octanol–water partition coefficient (Wildman–Crippen LogP) is 4.05. The molecule has 2 heterocycles. The van der Waals surface area contributed by atoms with Crippen LogP contribution in [0.5, 0.6) is 0 Å². The zero-order valence-electron chi connectivity index (χ0n) is 15.7. The van der Waals surface area contributed by atoms with Gasteiger partial charge in [0.1, 0.15) is 6.07 Å². The highest BCUT2D eigenvalue weighted by Gasteiger charge is 2.23. The summed E-state index contributed by atoms with van der Waals surface area (Å²) >= 11 is 0. The van der Waals surface area contributed by atoms with E-state index >= 15 is 0 Å². The second kappa shape index (κ2) is 8.52. The van der Waals surface area contributed by atoms with Gasteiger partial charge in [-0.3, -0.25) is 9.69 Å². The molecule has 0 aliphatic carbocycles. The topological polar surface area (TPSA) is 60.5 Å². The molecule has 0 aliphatic heterocycles. The lowest BCUT2D eigenvalue weighted by atomic mass is 10.1. The summed E-state index contributed by atoms with van der Waals surface area (Å²) < 4.78 is 1.96. The molecule has 27 heavy (non-hydrogen) atoms. The molecule has 3 aromatic rings. The van der Waals surface area contributed by atoms with Crippen LogP contribution in [0.2, 0.25) is 0 Å². The van der Waals surface area contributed by atoms with Crippen molar-refractivity contribution >= 4 is 17.1 Å². The summed E-state index contributed by atoms with van der Waals surface area (Å²) in [5.41, 5.74) is 3.30. The van der Waals surface area contributed by atoms with Crippen molar-refractivity contribution in [3.05, 3.63) is 72.1 Å². The fourth-order valence-electron chi connectivity index (χ4n) is 3.28. The van der Waals surface area contributed by atoms with Crippen molar-refractivity contribution in [3.8, 4) is 6.07 Å². The van der Waals surface area contributed by atoms with Gasteiger partial charge in [-0.25, -0.2) is 0 Å². The summed E-state index contributed by atoms with van der Waals surface area (Å²) in [6, 6.07) is 17.3. The van der Waals surface area contributed by atoms with Crippen LogP contribution in [-0.2, 0) is 11.3 Å². The summed E-state index contributed by atoms with van der Waals surface area (Å²) in [5.74, 6) is -0.0445. The number of pyridine rings is 1. The van der Waals surface area contributed by atoms with Crippen LogP contribution < -0.4 is 5.32 Å². The number of rotatable bonds is 7. The summed E-state index contributed by atoms with van der Waals surface area (Å²) in [6.07, 6.45) is 4.85. The Balaban J connectivity index is 1.81. The lowest BCUT2D eigenvalue weighted by Gasteiger charge is -2.27. The zero-order chi connectivity index (χ0) is 19.2. The quantitative estimate of drug-likeness (QED) is 0.691. The monoisotopic (exact) mass is 360 g/mol. The van der Waals surface area contributed by atoms with Crippen molar-refractivity contribution < 1.29 is 4.79 Å². The van der Waals surface area contributed by atoms with Crippen LogP contribution in [0.1, 0.15) is 31.4 Å². The maximum atomic E-state index is 12.7. The van der Waals surface area contributed by atoms with Crippen molar-refractivity contribution in [2.45, 2.75) is 32.9 Å². The number of nitrogens with zero attached hydrogens (tertiary/aromatic N) is 3. The van der Waals surface area contributed by atoms with E-state index in [9.17, 15) is 10.1 Å². The van der Waals surface area contributed by atoms with Crippen LogP contribution in [0.4, 0.5) is 5.69 Å². The van der Waals surface area contributed by atoms with Gasteiger partial charge in [-0.1, -0.05) is 31.2 Å². The van der Waals surface area contributed by atoms with E-state index in [0.29, 0.717) is 12.1 Å². The molecule has 2 aromatic heterocycles. The van der Waals surface area contributed by atoms with Gasteiger partial charge in [0, 0.05) is 30.2 Å². The first-order chi connectivity index (χ1) is 13.1. The van der Waals surface area contributed by atoms with Gasteiger partial charge in [0.25, 0.3) is 0 Å². The third kappa shape index (κ3) is 4.18. The SMILES string of the molecule is CCCN(Cc1cn2ccccc2c1C#N)C(C)C(=O)Nc1ccccc1. The number of fused-ring (bicyclic) bond motifs is 1. The molecule has 0 fully saturated rings. The molecule has 0 saturated carbocycles. The van der Waals surface area contributed by atoms with Crippen LogP contribution in [-0.4, -0.2) is 27.8 Å². The minimum absolute atomic E-state index is 0.0445. The third-order valence-electron chi connectivity index (χ3n) is 4.73. The maximum Gasteiger partial charge on any atom is 0.241 e. The number of aromatic nitrogens is 1. The van der Waals surface area contributed by atoms with E-state index in [1.54, 1.807) is 0 Å². The molecule has 0 bridgehead atoms. The van der Waals surface area contributed by atoms with Crippen LogP contribution in [0.3, 0.4) is 0 Å². The summed E-state index contributed by atoms with van der Waals surface area (Å²) in [4.78, 5) is 14.8. The smallest absolute Gasteiger partial charge is 0.241 e. The Kier molecular flexibility index (Phi) is 5.90. The minimum atomic E-state index is -0.306. The first kappa shape index (κ1) is 18.7. The van der Waals surface area contributed by atoms with Crippen LogP contribution in [0.15, 0.2) is 60.9 Å². The number of para-hydroxylation sites is 1. The van der Waals surface area contributed by atoms with Crippen molar-refractivity contribution in [1.29, 1.82) is 5.26 Å². The van der Waals surface area contributed by atoms with Gasteiger partial charge in [0.2, 0.25) is 5.91 Å². The van der Waals surface area contributed by atoms with Crippen molar-refractivity contribution in [1.82, 2.24) is 9.30 Å². The van der Waals surface area contributed by atoms with E-state index in [1.807, 2.05) is 72.2 Å². The van der Waals surface area contributed by atoms with Gasteiger partial charge in [0.05, 0.1) is 17.1 Å². The third-order valence-corrected chi connectivity index (χ3v) is 4.73. The molecule has 1 N–H and O–H groups in total. The van der Waals surface area contributed by atoms with Crippen molar-refractivity contribution in [2.75, 3.05) is 11.9 Å². The minimum Gasteiger partial charge on any atom is -0.325 e. The number of benzene rings is 1. The van der Waals surface area contributed by atoms with E-state index < -0.39 is 0 Å². The first-order valence-corrected chi connectivity index (χ1v) is 9.22. The van der Waals surface area contributed by atoms with E-state index in [4.69, 9.17) is 0 Å². The number of anilines is 1. The van der Waals surface area contributed by atoms with Crippen LogP contribution in [0.25, 0.3) is 5.52 Å². The molecule has 3 rings (SSSR count). The van der Waals surface area contributed by atoms with Gasteiger partial charge >= 0.3 is 0 Å². The highest BCUT2D eigenvalue weighted by Crippen LogP contribution is 2.21. The number of carbonyl (C=O) groups excluding carboxylic acids is 1. The average molecular weight is 360 g/mol. The van der Waals surface area contributed by atoms with Gasteiger partial charge < -0.3 is 9.72 Å². The summed E-state index contributed by atoms with van der Waals surface area (Å²) in [6.45, 7) is 5.34. The number of nitrogens with one attached hydrogen (secondary N) is 1. The number of nitriles is 1. The molecule has 1 amide bonds. The fourth-order valence-corrected chi connectivity index (χ4v) is 3.28. The molecule has 1 atom stereocenters. The molecule has 0 aliphatic rings. The molecule has 0 spiro atoms. The summed E-state index contributed by atoms with van der Waals surface area (Å²) in [7, 11) is 0. The molecule has 0 radical (unpaired) electrons. The molecule has 1 unspecified atom stereocenters. The predicted molar refractivity (Wildman–Crippen MR) is 107 cm³/mol. The number of carbonyl (C=O) groups is 1. The lowest BCUT2D eigenvalue weighted by molar-refractivity contribution is -0.121. The number of amides is 1. The Labute approximate surface area is 159 Å². The zero-order valence-corrected chi connectivity index (χ0v) is 15.7. The van der Waals surface area contributed by atoms with Crippen molar-refractivity contribution in [2.24, 2.45) is 0 Å². The fraction of sp³-hybridized carbons (Fsp3) is 0.273. The van der Waals surface area contributed by atoms with Gasteiger partial charge in [0.15, 0.2) is 0 Å². The first-order valence-electron chi connectivity index (χ1n) is 9.22. The van der Waals surface area contributed by atoms with E-state index in [2.05, 4.69) is 23.2 Å². The Bertz CT molecular complexity index is 955. The molecule has 138 valence electrons. The second-order valence-corrected chi connectivity index (χ2v) is 6.64. The lowest BCUT2D eigenvalue weighted by Crippen LogP contribution is -2.42. The Morgan fingerprint density at radius 3 is 2.67 bits per heavy atom. The standard InChI is InChI=1S/C22H24N4O/c1-3-12-25(17(2)22(27)24-19-9-5-4-6-10-19)15-18-16-26-13-8-7-11-21(26)20(18)14-23/h4-11,13,16-17H,3,12,15H2,1-2H3,(H,24,27). The molecular formula is C22H24N4O. The molecule has 1 aromatic carbocycles. The van der Waals surface area contributed by atoms with Gasteiger partial charge in [-0.2, -0.15) is 5.26 Å². The van der Waals surface area contributed by atoms with E-state index in [0.717, 1.165) is 29.7 Å². The van der Waals surface area contributed by atoms with Crippen LogP contribution in [0, 0.1) is 11.3 Å². The van der Waals surface area contributed by atoms with E-state index in [-0.39, 0.29) is 11.9 Å². The van der Waals surface area contributed by atoms with Crippen molar-refractivity contribution in [3.63, 3.8) is 0 Å². The Hall–Kier alpha value is -3.10. The Morgan fingerprint density at radius 2 is 1.96 bits per heavy atom.